The van der Waals surface area contributed by atoms with Crippen LogP contribution in [0.3, 0.4) is 0 Å². The van der Waals surface area contributed by atoms with Crippen molar-refractivity contribution in [1.82, 2.24) is 0 Å². The number of ketones is 1. The Morgan fingerprint density at radius 2 is 1.96 bits per heavy atom. The van der Waals surface area contributed by atoms with Crippen LogP contribution in [0.5, 0.6) is 0 Å². The zero-order chi connectivity index (χ0) is 16.0. The van der Waals surface area contributed by atoms with Crippen LogP contribution in [0, 0.1) is 57.7 Å². The van der Waals surface area contributed by atoms with E-state index in [1.807, 2.05) is 6.08 Å². The fraction of sp³-hybridized carbons (Fsp3) is 0.810. The van der Waals surface area contributed by atoms with Crippen LogP contribution in [0.2, 0.25) is 0 Å². The van der Waals surface area contributed by atoms with Crippen LogP contribution in [0.15, 0.2) is 11.6 Å². The van der Waals surface area contributed by atoms with E-state index in [-0.39, 0.29) is 10.8 Å². The molecule has 0 amide bonds. The molecule has 122 valence electrons. The predicted octanol–water partition coefficient (Wildman–Crippen LogP) is 4.51. The van der Waals surface area contributed by atoms with Gasteiger partial charge in [-0.15, -0.1) is 0 Å². The average Bonchev–Trinajstić information content (AvgIpc) is 3.29. The summed E-state index contributed by atoms with van der Waals surface area (Å²) in [5, 5.41) is 9.82. The number of allylic oxidation sites excluding steroid dienone is 1. The SMILES string of the molecule is CC1(C#N)CCC2C3C(CCC21C)C1CCC(=O)C=C1C1CC13. The lowest BCUT2D eigenvalue weighted by Crippen LogP contribution is -2.49. The highest BCUT2D eigenvalue weighted by molar-refractivity contribution is 5.91. The number of carbonyl (C=O) groups is 1. The van der Waals surface area contributed by atoms with Gasteiger partial charge in [0.1, 0.15) is 0 Å². The molecule has 5 aliphatic rings. The topological polar surface area (TPSA) is 40.9 Å². The van der Waals surface area contributed by atoms with E-state index in [1.54, 1.807) is 0 Å². The van der Waals surface area contributed by atoms with Gasteiger partial charge in [0.2, 0.25) is 0 Å². The fourth-order valence-corrected chi connectivity index (χ4v) is 7.46. The number of carbonyl (C=O) groups excluding carboxylic acids is 1. The van der Waals surface area contributed by atoms with E-state index in [9.17, 15) is 10.1 Å². The first-order valence-corrected chi connectivity index (χ1v) is 9.64. The van der Waals surface area contributed by atoms with Gasteiger partial charge in [-0.3, -0.25) is 4.79 Å². The maximum atomic E-state index is 11.9. The summed E-state index contributed by atoms with van der Waals surface area (Å²) in [5.41, 5.74) is 1.64. The molecule has 0 bridgehead atoms. The lowest BCUT2D eigenvalue weighted by Gasteiger charge is -2.55. The molecule has 8 atom stereocenters. The molecule has 4 fully saturated rings. The summed E-state index contributed by atoms with van der Waals surface area (Å²) < 4.78 is 0. The van der Waals surface area contributed by atoms with Gasteiger partial charge in [0.15, 0.2) is 5.78 Å². The van der Waals surface area contributed by atoms with Crippen molar-refractivity contribution in [3.63, 3.8) is 0 Å². The second-order valence-corrected chi connectivity index (χ2v) is 9.55. The molecule has 8 unspecified atom stereocenters. The van der Waals surface area contributed by atoms with E-state index in [0.717, 1.165) is 48.9 Å². The highest BCUT2D eigenvalue weighted by atomic mass is 16.1. The molecule has 2 nitrogen and oxygen atoms in total. The highest BCUT2D eigenvalue weighted by Crippen LogP contribution is 2.73. The molecule has 0 aromatic carbocycles. The van der Waals surface area contributed by atoms with Crippen LogP contribution < -0.4 is 0 Å². The van der Waals surface area contributed by atoms with Crippen LogP contribution in [0.4, 0.5) is 0 Å². The van der Waals surface area contributed by atoms with Gasteiger partial charge in [-0.1, -0.05) is 12.5 Å². The van der Waals surface area contributed by atoms with Gasteiger partial charge in [-0.2, -0.15) is 5.26 Å². The van der Waals surface area contributed by atoms with Crippen molar-refractivity contribution >= 4 is 5.78 Å². The summed E-state index contributed by atoms with van der Waals surface area (Å²) in [4.78, 5) is 11.9. The molecule has 0 spiro atoms. The van der Waals surface area contributed by atoms with E-state index < -0.39 is 0 Å². The van der Waals surface area contributed by atoms with Crippen molar-refractivity contribution < 1.29 is 4.79 Å². The number of fused-ring (bicyclic) bond motifs is 8. The fourth-order valence-electron chi connectivity index (χ4n) is 7.46. The van der Waals surface area contributed by atoms with Crippen molar-refractivity contribution in [2.45, 2.75) is 58.8 Å². The molecule has 5 aliphatic carbocycles. The lowest BCUT2D eigenvalue weighted by atomic mass is 9.49. The third-order valence-electron chi connectivity index (χ3n) is 8.97. The molecule has 5 rings (SSSR count). The van der Waals surface area contributed by atoms with Crippen LogP contribution in [-0.2, 0) is 4.79 Å². The minimum Gasteiger partial charge on any atom is -0.295 e. The maximum Gasteiger partial charge on any atom is 0.155 e. The van der Waals surface area contributed by atoms with Crippen molar-refractivity contribution in [2.75, 3.05) is 0 Å². The summed E-state index contributed by atoms with van der Waals surface area (Å²) in [7, 11) is 0. The molecule has 0 heterocycles. The first-order chi connectivity index (χ1) is 11.0. The van der Waals surface area contributed by atoms with Gasteiger partial charge in [0.25, 0.3) is 0 Å². The van der Waals surface area contributed by atoms with Crippen molar-refractivity contribution in [3.8, 4) is 6.07 Å². The van der Waals surface area contributed by atoms with Crippen molar-refractivity contribution in [2.24, 2.45) is 46.3 Å². The normalized spacial score (nSPS) is 56.6. The largest absolute Gasteiger partial charge is 0.295 e. The summed E-state index contributed by atoms with van der Waals surface area (Å²) >= 11 is 0. The van der Waals surface area contributed by atoms with Gasteiger partial charge in [-0.25, -0.2) is 0 Å². The minimum absolute atomic E-state index is 0.119. The van der Waals surface area contributed by atoms with Gasteiger partial charge in [0.05, 0.1) is 11.5 Å². The first-order valence-electron chi connectivity index (χ1n) is 9.64. The molecular weight excluding hydrogens is 282 g/mol. The van der Waals surface area contributed by atoms with Crippen LogP contribution >= 0.6 is 0 Å². The van der Waals surface area contributed by atoms with E-state index >= 15 is 0 Å². The Bertz CT molecular complexity index is 657. The second kappa shape index (κ2) is 4.29. The van der Waals surface area contributed by atoms with Gasteiger partial charge < -0.3 is 0 Å². The number of hydrogen-bond donors (Lipinski definition) is 0. The van der Waals surface area contributed by atoms with E-state index in [0.29, 0.717) is 11.7 Å². The average molecular weight is 309 g/mol. The minimum atomic E-state index is -0.119. The molecule has 0 aromatic heterocycles. The zero-order valence-corrected chi connectivity index (χ0v) is 14.3. The summed E-state index contributed by atoms with van der Waals surface area (Å²) in [6.45, 7) is 4.66. The number of rotatable bonds is 0. The molecule has 0 aromatic rings. The number of hydrogen-bond acceptors (Lipinski definition) is 2. The van der Waals surface area contributed by atoms with Crippen molar-refractivity contribution in [1.29, 1.82) is 5.26 Å². The van der Waals surface area contributed by atoms with E-state index in [4.69, 9.17) is 0 Å². The third-order valence-corrected chi connectivity index (χ3v) is 8.97. The summed E-state index contributed by atoms with van der Waals surface area (Å²) in [6.07, 6.45) is 10.1. The van der Waals surface area contributed by atoms with Crippen LogP contribution in [0.1, 0.15) is 58.8 Å². The Morgan fingerprint density at radius 3 is 2.74 bits per heavy atom. The van der Waals surface area contributed by atoms with Gasteiger partial charge in [0, 0.05) is 6.42 Å². The Balaban J connectivity index is 1.54. The van der Waals surface area contributed by atoms with E-state index in [2.05, 4.69) is 19.9 Å². The highest BCUT2D eigenvalue weighted by Gasteiger charge is 2.67. The summed E-state index contributed by atoms with van der Waals surface area (Å²) in [5.74, 6) is 5.02. The Hall–Kier alpha value is -1.10. The summed E-state index contributed by atoms with van der Waals surface area (Å²) in [6, 6.07) is 2.71. The lowest BCUT2D eigenvalue weighted by molar-refractivity contribution is -0.116. The first kappa shape index (κ1) is 14.3. The molecular formula is C21H27NO. The zero-order valence-electron chi connectivity index (χ0n) is 14.3. The smallest absolute Gasteiger partial charge is 0.155 e. The molecule has 0 N–H and O–H groups in total. The monoisotopic (exact) mass is 309 g/mol. The van der Waals surface area contributed by atoms with Crippen LogP contribution in [-0.4, -0.2) is 5.78 Å². The maximum absolute atomic E-state index is 11.9. The molecule has 0 saturated heterocycles. The van der Waals surface area contributed by atoms with Gasteiger partial charge >= 0.3 is 0 Å². The Kier molecular flexibility index (Phi) is 2.66. The Morgan fingerprint density at radius 1 is 1.13 bits per heavy atom. The van der Waals surface area contributed by atoms with Crippen LogP contribution in [0.25, 0.3) is 0 Å². The Labute approximate surface area is 139 Å². The molecule has 0 radical (unpaired) electrons. The third kappa shape index (κ3) is 1.62. The molecule has 0 aliphatic heterocycles. The second-order valence-electron chi connectivity index (χ2n) is 9.55. The number of nitriles is 1. The standard InChI is InChI=1S/C21H27NO/c1-20(11-22)7-6-18-19-14(5-8-21(18,20)2)13-4-3-12(23)9-15(13)16-10-17(16)19/h9,13-14,16-19H,3-8,10H2,1-2H3. The number of nitrogens with zero attached hydrogens (tertiary/aromatic N) is 1. The quantitative estimate of drug-likeness (QED) is 0.660. The predicted molar refractivity (Wildman–Crippen MR) is 88.2 cm³/mol. The van der Waals surface area contributed by atoms with E-state index in [1.165, 1.54) is 31.3 Å². The molecule has 23 heavy (non-hydrogen) atoms. The molecule has 2 heteroatoms. The van der Waals surface area contributed by atoms with Crippen molar-refractivity contribution in [3.05, 3.63) is 11.6 Å². The molecule has 4 saturated carbocycles. The van der Waals surface area contributed by atoms with Gasteiger partial charge in [-0.05, 0) is 92.4 Å².